The molecule has 6 atom stereocenters. The van der Waals surface area contributed by atoms with Gasteiger partial charge in [-0.2, -0.15) is 13.2 Å². The van der Waals surface area contributed by atoms with Crippen LogP contribution in [0.3, 0.4) is 0 Å². The van der Waals surface area contributed by atoms with E-state index in [2.05, 4.69) is 11.9 Å². The molecule has 18 heteroatoms. The van der Waals surface area contributed by atoms with E-state index in [9.17, 15) is 37.0 Å². The van der Waals surface area contributed by atoms with Crippen LogP contribution in [-0.2, 0) is 36.0 Å². The van der Waals surface area contributed by atoms with Crippen LogP contribution >= 0.6 is 18.7 Å². The maximum absolute atomic E-state index is 15.0. The Balaban J connectivity index is 1.22. The molecule has 1 aliphatic heterocycles. The van der Waals surface area contributed by atoms with Crippen molar-refractivity contribution < 1.29 is 55.6 Å². The number of allylic oxidation sites excluding steroid dienone is 1. The largest absolute Gasteiger partial charge is 0.497 e. The number of rotatable bonds is 17. The molecule has 1 saturated heterocycles. The number of fused-ring (bicyclic) bond motifs is 1. The first-order valence-corrected chi connectivity index (χ1v) is 24.3. The zero-order valence-corrected chi connectivity index (χ0v) is 38.6. The number of ketones is 1. The van der Waals surface area contributed by atoms with Crippen LogP contribution in [0.15, 0.2) is 58.9 Å². The number of esters is 1. The van der Waals surface area contributed by atoms with E-state index in [0.29, 0.717) is 45.0 Å². The molecule has 346 valence electrons. The molecule has 13 nitrogen and oxygen atoms in total. The lowest BCUT2D eigenvalue weighted by Crippen LogP contribution is -2.48. The number of thiazole rings is 1. The van der Waals surface area contributed by atoms with Gasteiger partial charge in [-0.05, 0) is 81.5 Å². The number of pyridine rings is 1. The standard InChI is InChI=1S/C46H56F3N4O9PS/c1-8-27-21-45(27,63(57,58)24-30-14-16-40(61-30)46(47,48)49)22-38(54)37-18-31(23-53(37)42(56)33(44(4,5)6)19-41(55)62-28-11-9-10-12-28)60-39-20-35(36-25-64-43(52-36)50-26(2)3)51-34-17-29(59-7)13-15-32(34)39/h8,13-17,20,25-28,31,33,37H,1,9-12,18-19,21-24H2,2-7H3,(H,50,52)(H,57,58)/t27-,31-,33-,37+,45-/m1/s1. The van der Waals surface area contributed by atoms with Crippen LogP contribution in [0.4, 0.5) is 18.3 Å². The van der Waals surface area contributed by atoms with Crippen molar-refractivity contribution in [2.75, 3.05) is 19.0 Å². The van der Waals surface area contributed by atoms with Crippen molar-refractivity contribution in [1.29, 1.82) is 0 Å². The number of nitrogens with zero attached hydrogens (tertiary/aromatic N) is 3. The van der Waals surface area contributed by atoms with Gasteiger partial charge in [0.2, 0.25) is 19.0 Å². The second-order valence-corrected chi connectivity index (χ2v) is 22.1. The van der Waals surface area contributed by atoms with E-state index in [0.717, 1.165) is 31.7 Å². The zero-order valence-electron chi connectivity index (χ0n) is 36.9. The number of ether oxygens (including phenoxy) is 3. The Kier molecular flexibility index (Phi) is 13.5. The summed E-state index contributed by atoms with van der Waals surface area (Å²) < 4.78 is 77.4. The van der Waals surface area contributed by atoms with Crippen molar-refractivity contribution in [1.82, 2.24) is 14.9 Å². The van der Waals surface area contributed by atoms with E-state index >= 15 is 0 Å². The van der Waals surface area contributed by atoms with Gasteiger partial charge in [0.05, 0.1) is 54.6 Å². The first-order chi connectivity index (χ1) is 30.1. The zero-order chi connectivity index (χ0) is 46.4. The molecule has 4 heterocycles. The van der Waals surface area contributed by atoms with Crippen molar-refractivity contribution in [3.63, 3.8) is 0 Å². The van der Waals surface area contributed by atoms with Gasteiger partial charge in [0.15, 0.2) is 10.9 Å². The van der Waals surface area contributed by atoms with Crippen molar-refractivity contribution in [3.05, 3.63) is 66.0 Å². The Morgan fingerprint density at radius 3 is 2.45 bits per heavy atom. The minimum Gasteiger partial charge on any atom is -0.497 e. The van der Waals surface area contributed by atoms with E-state index in [1.807, 2.05) is 40.0 Å². The Morgan fingerprint density at radius 1 is 1.09 bits per heavy atom. The lowest BCUT2D eigenvalue weighted by atomic mass is 9.77. The predicted octanol–water partition coefficient (Wildman–Crippen LogP) is 10.1. The lowest BCUT2D eigenvalue weighted by molar-refractivity contribution is -0.156. The number of furan rings is 1. The fraction of sp³-hybridized carbons (Fsp3) is 0.543. The van der Waals surface area contributed by atoms with Gasteiger partial charge in [-0.3, -0.25) is 18.9 Å². The maximum atomic E-state index is 15.0. The van der Waals surface area contributed by atoms with Gasteiger partial charge in [0.1, 0.15) is 35.2 Å². The Hall–Kier alpha value is -4.73. The number of hydrogen-bond donors (Lipinski definition) is 2. The number of Topliss-reactive ketones (excluding diaryl/α,β-unsaturated/α-hetero) is 1. The first kappa shape index (κ1) is 47.2. The summed E-state index contributed by atoms with van der Waals surface area (Å²) in [7, 11) is -2.91. The van der Waals surface area contributed by atoms with Crippen molar-refractivity contribution in [2.24, 2.45) is 17.3 Å². The molecule has 2 saturated carbocycles. The topological polar surface area (TPSA) is 170 Å². The summed E-state index contributed by atoms with van der Waals surface area (Å²) in [5.74, 6) is -3.67. The first-order valence-electron chi connectivity index (χ1n) is 21.6. The van der Waals surface area contributed by atoms with Crippen LogP contribution in [0, 0.1) is 17.3 Å². The molecule has 7 rings (SSSR count). The van der Waals surface area contributed by atoms with E-state index in [-0.39, 0.29) is 43.7 Å². The Morgan fingerprint density at radius 2 is 1.83 bits per heavy atom. The van der Waals surface area contributed by atoms with Crippen LogP contribution in [0.25, 0.3) is 22.3 Å². The molecule has 2 aliphatic carbocycles. The van der Waals surface area contributed by atoms with E-state index in [1.54, 1.807) is 31.4 Å². The summed E-state index contributed by atoms with van der Waals surface area (Å²) in [6, 6.07) is 7.82. The van der Waals surface area contributed by atoms with E-state index in [1.165, 1.54) is 22.3 Å². The molecular formula is C46H56F3N4O9PS. The molecule has 2 N–H and O–H groups in total. The van der Waals surface area contributed by atoms with Crippen LogP contribution < -0.4 is 14.8 Å². The number of nitrogens with one attached hydrogen (secondary N) is 1. The monoisotopic (exact) mass is 928 g/mol. The van der Waals surface area contributed by atoms with Gasteiger partial charge in [0.25, 0.3) is 0 Å². The molecule has 1 unspecified atom stereocenters. The summed E-state index contributed by atoms with van der Waals surface area (Å²) in [5, 5.41) is 4.97. The number of alkyl halides is 3. The summed E-state index contributed by atoms with van der Waals surface area (Å²) in [6.45, 7) is 13.3. The molecule has 3 fully saturated rings. The predicted molar refractivity (Wildman–Crippen MR) is 237 cm³/mol. The number of amides is 1. The van der Waals surface area contributed by atoms with Crippen molar-refractivity contribution in [2.45, 2.75) is 128 Å². The van der Waals surface area contributed by atoms with Gasteiger partial charge in [-0.15, -0.1) is 17.9 Å². The number of carbonyl (C=O) groups excluding carboxylic acids is 3. The van der Waals surface area contributed by atoms with Crippen molar-refractivity contribution >= 4 is 52.4 Å². The molecule has 3 aliphatic rings. The molecule has 4 aromatic rings. The Bertz CT molecular complexity index is 2440. The van der Waals surface area contributed by atoms with Gasteiger partial charge < -0.3 is 33.7 Å². The van der Waals surface area contributed by atoms with Crippen LogP contribution in [0.1, 0.15) is 97.5 Å². The number of methoxy groups -OCH3 is 1. The summed E-state index contributed by atoms with van der Waals surface area (Å²) >= 11 is 1.43. The quantitative estimate of drug-likeness (QED) is 0.0585. The third-order valence-electron chi connectivity index (χ3n) is 12.6. The molecule has 0 spiro atoms. The molecule has 0 radical (unpaired) electrons. The highest BCUT2D eigenvalue weighted by atomic mass is 32.1. The third kappa shape index (κ3) is 10.2. The van der Waals surface area contributed by atoms with Crippen molar-refractivity contribution in [3.8, 4) is 22.9 Å². The average Bonchev–Trinajstić information content (AvgIpc) is 3.82. The number of hydrogen-bond acceptors (Lipinski definition) is 12. The minimum absolute atomic E-state index is 0.000110. The SMILES string of the molecule is C=C[C@@H]1C[C@]1(CC(=O)[C@@H]1C[C@@H](Oc2cc(-c3csc(NC(C)C)n3)nc3cc(OC)ccc23)CN1C(=O)[C@@H](CC(=O)OC1CCCC1)C(C)(C)C)P(=O)(O)Cc1ccc(C(F)(F)F)o1. The van der Waals surface area contributed by atoms with Crippen LogP contribution in [0.5, 0.6) is 11.5 Å². The highest BCUT2D eigenvalue weighted by Gasteiger charge is 2.65. The minimum atomic E-state index is -4.80. The molecule has 3 aromatic heterocycles. The third-order valence-corrected chi connectivity index (χ3v) is 16.1. The van der Waals surface area contributed by atoms with Gasteiger partial charge in [-0.1, -0.05) is 26.8 Å². The number of anilines is 1. The van der Waals surface area contributed by atoms with Gasteiger partial charge in [0, 0.05) is 41.8 Å². The smallest absolute Gasteiger partial charge is 0.449 e. The molecule has 64 heavy (non-hydrogen) atoms. The normalized spacial score (nSPS) is 22.9. The van der Waals surface area contributed by atoms with Crippen LogP contribution in [-0.4, -0.2) is 80.5 Å². The summed E-state index contributed by atoms with van der Waals surface area (Å²) in [4.78, 5) is 65.9. The molecule has 0 bridgehead atoms. The average molecular weight is 929 g/mol. The fourth-order valence-electron chi connectivity index (χ4n) is 8.98. The second-order valence-electron chi connectivity index (χ2n) is 18.6. The number of halogens is 3. The van der Waals surface area contributed by atoms with Gasteiger partial charge >= 0.3 is 12.1 Å². The molecular weight excluding hydrogens is 873 g/mol. The number of likely N-dealkylation sites (tertiary alicyclic amines) is 1. The number of benzene rings is 1. The number of aromatic nitrogens is 2. The fourth-order valence-corrected chi connectivity index (χ4v) is 12.2. The van der Waals surface area contributed by atoms with E-state index in [4.69, 9.17) is 28.6 Å². The molecule has 1 aromatic carbocycles. The molecule has 1 amide bonds. The second kappa shape index (κ2) is 18.3. The summed E-state index contributed by atoms with van der Waals surface area (Å²) in [5.41, 5.74) is 0.907. The highest BCUT2D eigenvalue weighted by Crippen LogP contribution is 2.74. The summed E-state index contributed by atoms with van der Waals surface area (Å²) in [6.07, 6.45) is -2.23. The van der Waals surface area contributed by atoms with Gasteiger partial charge in [-0.25, -0.2) is 9.97 Å². The number of carbonyl (C=O) groups is 3. The Labute approximate surface area is 374 Å². The highest BCUT2D eigenvalue weighted by molar-refractivity contribution is 7.59. The maximum Gasteiger partial charge on any atom is 0.449 e. The van der Waals surface area contributed by atoms with Crippen LogP contribution in [0.2, 0.25) is 0 Å². The van der Waals surface area contributed by atoms with E-state index < -0.39 is 84.1 Å². The lowest BCUT2D eigenvalue weighted by Gasteiger charge is -2.35.